The first-order valence-electron chi connectivity index (χ1n) is 4.23. The van der Waals surface area contributed by atoms with Gasteiger partial charge in [0, 0.05) is 12.6 Å². The van der Waals surface area contributed by atoms with E-state index >= 15 is 0 Å². The Labute approximate surface area is 67.5 Å². The maximum atomic E-state index is 11.4. The number of carbonyl (C=O) groups excluding carboxylic acids is 1. The Morgan fingerprint density at radius 3 is 2.55 bits per heavy atom. The van der Waals surface area contributed by atoms with E-state index in [0.29, 0.717) is 6.04 Å². The van der Waals surface area contributed by atoms with Gasteiger partial charge in [0.1, 0.15) is 0 Å². The molecule has 11 heavy (non-hydrogen) atoms. The molecule has 0 heterocycles. The highest BCUT2D eigenvalue weighted by Gasteiger charge is 2.32. The third-order valence-corrected chi connectivity index (χ3v) is 2.00. The van der Waals surface area contributed by atoms with Crippen LogP contribution in [-0.2, 0) is 4.79 Å². The van der Waals surface area contributed by atoms with Crippen molar-refractivity contribution in [3.8, 4) is 0 Å². The van der Waals surface area contributed by atoms with Gasteiger partial charge in [-0.15, -0.1) is 0 Å². The highest BCUT2D eigenvalue weighted by atomic mass is 16.2. The summed E-state index contributed by atoms with van der Waals surface area (Å²) in [6, 6.07) is 0.161. The van der Waals surface area contributed by atoms with Crippen molar-refractivity contribution in [3.63, 3.8) is 0 Å². The van der Waals surface area contributed by atoms with Crippen molar-refractivity contribution >= 4 is 5.91 Å². The number of rotatable bonds is 3. The molecular weight excluding hydrogens is 140 g/mol. The number of hydrogen-bond acceptors (Lipinski definition) is 2. The number of hydrogen-bond donors (Lipinski definition) is 1. The van der Waals surface area contributed by atoms with Crippen LogP contribution in [0.5, 0.6) is 0 Å². The summed E-state index contributed by atoms with van der Waals surface area (Å²) in [7, 11) is 0. The molecule has 0 aromatic heterocycles. The van der Waals surface area contributed by atoms with Crippen LogP contribution in [0.25, 0.3) is 0 Å². The maximum absolute atomic E-state index is 11.4. The Kier molecular flexibility index (Phi) is 2.49. The van der Waals surface area contributed by atoms with Crippen molar-refractivity contribution in [3.05, 3.63) is 0 Å². The zero-order valence-electron chi connectivity index (χ0n) is 7.21. The van der Waals surface area contributed by atoms with Crippen molar-refractivity contribution in [2.24, 2.45) is 5.73 Å². The predicted octanol–water partition coefficient (Wildman–Crippen LogP) is 0.345. The molecule has 2 N–H and O–H groups in total. The molecule has 1 saturated carbocycles. The summed E-state index contributed by atoms with van der Waals surface area (Å²) >= 11 is 0. The molecule has 1 rings (SSSR count). The Morgan fingerprint density at radius 1 is 1.73 bits per heavy atom. The molecule has 0 spiro atoms. The van der Waals surface area contributed by atoms with Crippen LogP contribution in [0.4, 0.5) is 0 Å². The van der Waals surface area contributed by atoms with Gasteiger partial charge in [0.25, 0.3) is 0 Å². The van der Waals surface area contributed by atoms with E-state index in [2.05, 4.69) is 0 Å². The quantitative estimate of drug-likeness (QED) is 0.640. The molecule has 1 fully saturated rings. The van der Waals surface area contributed by atoms with Gasteiger partial charge in [-0.3, -0.25) is 4.79 Å². The van der Waals surface area contributed by atoms with Gasteiger partial charge in [-0.2, -0.15) is 0 Å². The van der Waals surface area contributed by atoms with E-state index in [1.807, 2.05) is 11.8 Å². The van der Waals surface area contributed by atoms with Crippen molar-refractivity contribution in [1.29, 1.82) is 0 Å². The van der Waals surface area contributed by atoms with Crippen LogP contribution in [0.2, 0.25) is 0 Å². The molecule has 3 heteroatoms. The first kappa shape index (κ1) is 8.53. The standard InChI is InChI=1S/C8H16N2O/c1-3-10(7-4-5-7)8(11)6(2)9/h6-7H,3-5,9H2,1-2H3/t6-/m1/s1. The summed E-state index contributed by atoms with van der Waals surface area (Å²) < 4.78 is 0. The van der Waals surface area contributed by atoms with Gasteiger partial charge in [-0.05, 0) is 26.7 Å². The van der Waals surface area contributed by atoms with Crippen LogP contribution in [0.1, 0.15) is 26.7 Å². The van der Waals surface area contributed by atoms with Crippen molar-refractivity contribution in [2.75, 3.05) is 6.54 Å². The van der Waals surface area contributed by atoms with Gasteiger partial charge in [0.05, 0.1) is 6.04 Å². The first-order valence-corrected chi connectivity index (χ1v) is 4.23. The van der Waals surface area contributed by atoms with Gasteiger partial charge < -0.3 is 10.6 Å². The topological polar surface area (TPSA) is 46.3 Å². The Hall–Kier alpha value is -0.570. The molecule has 0 unspecified atom stereocenters. The maximum Gasteiger partial charge on any atom is 0.239 e. The molecule has 0 radical (unpaired) electrons. The van der Waals surface area contributed by atoms with Crippen molar-refractivity contribution in [1.82, 2.24) is 4.90 Å². The van der Waals surface area contributed by atoms with Gasteiger partial charge in [-0.25, -0.2) is 0 Å². The second-order valence-electron chi connectivity index (χ2n) is 3.14. The Bertz CT molecular complexity index is 152. The molecule has 1 aliphatic rings. The van der Waals surface area contributed by atoms with Crippen LogP contribution in [0.3, 0.4) is 0 Å². The smallest absolute Gasteiger partial charge is 0.239 e. The molecule has 0 aromatic carbocycles. The molecule has 0 aliphatic heterocycles. The SMILES string of the molecule is CCN(C(=O)[C@@H](C)N)C1CC1. The van der Waals surface area contributed by atoms with Crippen molar-refractivity contribution in [2.45, 2.75) is 38.8 Å². The molecular formula is C8H16N2O. The zero-order chi connectivity index (χ0) is 8.43. The molecule has 0 bridgehead atoms. The first-order chi connectivity index (χ1) is 5.16. The third-order valence-electron chi connectivity index (χ3n) is 2.00. The normalized spacial score (nSPS) is 19.5. The second-order valence-corrected chi connectivity index (χ2v) is 3.14. The molecule has 3 nitrogen and oxygen atoms in total. The lowest BCUT2D eigenvalue weighted by Crippen LogP contribution is -2.43. The minimum absolute atomic E-state index is 0.0926. The number of amides is 1. The highest BCUT2D eigenvalue weighted by molar-refractivity contribution is 5.81. The minimum atomic E-state index is -0.337. The Balaban J connectivity index is 2.46. The van der Waals surface area contributed by atoms with Crippen LogP contribution < -0.4 is 5.73 Å². The fourth-order valence-corrected chi connectivity index (χ4v) is 1.24. The van der Waals surface area contributed by atoms with Crippen LogP contribution in [0.15, 0.2) is 0 Å². The lowest BCUT2D eigenvalue weighted by atomic mass is 10.3. The monoisotopic (exact) mass is 156 g/mol. The van der Waals surface area contributed by atoms with Crippen LogP contribution in [-0.4, -0.2) is 29.4 Å². The molecule has 0 saturated heterocycles. The average Bonchev–Trinajstić information content (AvgIpc) is 2.72. The molecule has 1 atom stereocenters. The third kappa shape index (κ3) is 1.93. The number of carbonyl (C=O) groups is 1. The fourth-order valence-electron chi connectivity index (χ4n) is 1.24. The van der Waals surface area contributed by atoms with Crippen LogP contribution >= 0.6 is 0 Å². The summed E-state index contributed by atoms with van der Waals surface area (Å²) in [5.41, 5.74) is 5.49. The molecule has 1 aliphatic carbocycles. The van der Waals surface area contributed by atoms with E-state index in [4.69, 9.17) is 5.73 Å². The summed E-state index contributed by atoms with van der Waals surface area (Å²) in [5, 5.41) is 0. The summed E-state index contributed by atoms with van der Waals surface area (Å²) in [4.78, 5) is 13.2. The summed E-state index contributed by atoms with van der Waals surface area (Å²) in [6.07, 6.45) is 2.32. The molecule has 64 valence electrons. The average molecular weight is 156 g/mol. The molecule has 0 aromatic rings. The van der Waals surface area contributed by atoms with E-state index in [1.54, 1.807) is 6.92 Å². The number of nitrogens with two attached hydrogens (primary N) is 1. The summed E-state index contributed by atoms with van der Waals surface area (Å²) in [5.74, 6) is 0.0926. The van der Waals surface area contributed by atoms with E-state index in [1.165, 1.54) is 0 Å². The van der Waals surface area contributed by atoms with Gasteiger partial charge in [0.2, 0.25) is 5.91 Å². The fraction of sp³-hybridized carbons (Fsp3) is 0.875. The molecule has 1 amide bonds. The van der Waals surface area contributed by atoms with E-state index < -0.39 is 0 Å². The van der Waals surface area contributed by atoms with Crippen molar-refractivity contribution < 1.29 is 4.79 Å². The Morgan fingerprint density at radius 2 is 2.27 bits per heavy atom. The lowest BCUT2D eigenvalue weighted by Gasteiger charge is -2.22. The lowest BCUT2D eigenvalue weighted by molar-refractivity contribution is -0.132. The largest absolute Gasteiger partial charge is 0.339 e. The van der Waals surface area contributed by atoms with Gasteiger partial charge >= 0.3 is 0 Å². The summed E-state index contributed by atoms with van der Waals surface area (Å²) in [6.45, 7) is 4.54. The number of nitrogens with zero attached hydrogens (tertiary/aromatic N) is 1. The van der Waals surface area contributed by atoms with Crippen LogP contribution in [0, 0.1) is 0 Å². The van der Waals surface area contributed by atoms with E-state index in [-0.39, 0.29) is 11.9 Å². The predicted molar refractivity (Wildman–Crippen MR) is 44.1 cm³/mol. The van der Waals surface area contributed by atoms with Gasteiger partial charge in [-0.1, -0.05) is 0 Å². The van der Waals surface area contributed by atoms with E-state index in [0.717, 1.165) is 19.4 Å². The van der Waals surface area contributed by atoms with E-state index in [9.17, 15) is 4.79 Å². The minimum Gasteiger partial charge on any atom is -0.339 e. The zero-order valence-corrected chi connectivity index (χ0v) is 7.21. The highest BCUT2D eigenvalue weighted by Crippen LogP contribution is 2.26. The van der Waals surface area contributed by atoms with Gasteiger partial charge in [0.15, 0.2) is 0 Å². The number of likely N-dealkylation sites (N-methyl/N-ethyl adjacent to an activating group) is 1. The second kappa shape index (κ2) is 3.22.